The number of piperidine rings is 1. The molecule has 0 aromatic heterocycles. The van der Waals surface area contributed by atoms with Crippen LogP contribution < -0.4 is 5.73 Å². The number of nitrogens with zero attached hydrogens (tertiary/aromatic N) is 1. The molecule has 76 valence electrons. The Kier molecular flexibility index (Phi) is 3.01. The van der Waals surface area contributed by atoms with Crippen LogP contribution in [0.15, 0.2) is 12.3 Å². The first-order valence-electron chi connectivity index (χ1n) is 5.14. The number of nitrogens with two attached hydrogens (primary N) is 1. The Balaban J connectivity index is 2.51. The SMILES string of the molecule is C=C(N)C1(C)CCN(C(C)C)CC1. The second kappa shape index (κ2) is 3.70. The summed E-state index contributed by atoms with van der Waals surface area (Å²) in [5.41, 5.74) is 6.85. The highest BCUT2D eigenvalue weighted by atomic mass is 15.2. The van der Waals surface area contributed by atoms with E-state index in [0.717, 1.165) is 31.6 Å². The molecule has 2 nitrogen and oxygen atoms in total. The molecule has 1 saturated heterocycles. The maximum Gasteiger partial charge on any atom is 0.00886 e. The van der Waals surface area contributed by atoms with Crippen LogP contribution in [0.25, 0.3) is 0 Å². The molecule has 1 fully saturated rings. The van der Waals surface area contributed by atoms with Gasteiger partial charge in [0.15, 0.2) is 0 Å². The van der Waals surface area contributed by atoms with E-state index in [-0.39, 0.29) is 5.41 Å². The van der Waals surface area contributed by atoms with Crippen molar-refractivity contribution in [1.29, 1.82) is 0 Å². The van der Waals surface area contributed by atoms with Gasteiger partial charge < -0.3 is 10.6 Å². The van der Waals surface area contributed by atoms with Gasteiger partial charge in [0, 0.05) is 17.2 Å². The second-order valence-corrected chi connectivity index (χ2v) is 4.72. The molecule has 1 rings (SSSR count). The molecule has 0 saturated carbocycles. The zero-order valence-corrected chi connectivity index (χ0v) is 9.14. The fraction of sp³-hybridized carbons (Fsp3) is 0.818. The molecular weight excluding hydrogens is 160 g/mol. The average Bonchev–Trinajstić information content (AvgIpc) is 2.04. The van der Waals surface area contributed by atoms with Gasteiger partial charge in [-0.05, 0) is 39.8 Å². The lowest BCUT2D eigenvalue weighted by molar-refractivity contribution is 0.116. The predicted molar refractivity (Wildman–Crippen MR) is 57.4 cm³/mol. The zero-order chi connectivity index (χ0) is 10.1. The first-order chi connectivity index (χ1) is 5.96. The molecular formula is C11H22N2. The van der Waals surface area contributed by atoms with Crippen LogP contribution >= 0.6 is 0 Å². The van der Waals surface area contributed by atoms with Crippen molar-refractivity contribution in [2.75, 3.05) is 13.1 Å². The van der Waals surface area contributed by atoms with Crippen molar-refractivity contribution < 1.29 is 0 Å². The van der Waals surface area contributed by atoms with Crippen LogP contribution in [0.3, 0.4) is 0 Å². The quantitative estimate of drug-likeness (QED) is 0.707. The highest BCUT2D eigenvalue weighted by Crippen LogP contribution is 2.35. The monoisotopic (exact) mass is 182 g/mol. The Morgan fingerprint density at radius 2 is 1.85 bits per heavy atom. The third kappa shape index (κ3) is 2.25. The smallest absolute Gasteiger partial charge is 0.00886 e. The molecule has 0 aliphatic carbocycles. The van der Waals surface area contributed by atoms with E-state index in [9.17, 15) is 0 Å². The number of allylic oxidation sites excluding steroid dienone is 1. The van der Waals surface area contributed by atoms with Crippen molar-refractivity contribution in [1.82, 2.24) is 4.90 Å². The summed E-state index contributed by atoms with van der Waals surface area (Å²) in [6, 6.07) is 0.663. The van der Waals surface area contributed by atoms with E-state index in [1.54, 1.807) is 0 Å². The molecule has 1 heterocycles. The Hall–Kier alpha value is -0.500. The van der Waals surface area contributed by atoms with E-state index < -0.39 is 0 Å². The first kappa shape index (κ1) is 10.6. The van der Waals surface area contributed by atoms with Gasteiger partial charge in [-0.3, -0.25) is 0 Å². The lowest BCUT2D eigenvalue weighted by atomic mass is 9.78. The van der Waals surface area contributed by atoms with Gasteiger partial charge in [-0.2, -0.15) is 0 Å². The second-order valence-electron chi connectivity index (χ2n) is 4.72. The number of rotatable bonds is 2. The highest BCUT2D eigenvalue weighted by molar-refractivity contribution is 5.06. The van der Waals surface area contributed by atoms with E-state index in [2.05, 4.69) is 32.3 Å². The standard InChI is InChI=1S/C11H22N2/c1-9(2)13-7-5-11(4,6-8-13)10(3)12/h9H,3,5-8,12H2,1-2,4H3. The molecule has 0 bridgehead atoms. The maximum atomic E-state index is 5.81. The maximum absolute atomic E-state index is 5.81. The number of hydrogen-bond acceptors (Lipinski definition) is 2. The Bertz CT molecular complexity index is 188. The topological polar surface area (TPSA) is 29.3 Å². The zero-order valence-electron chi connectivity index (χ0n) is 9.14. The van der Waals surface area contributed by atoms with Gasteiger partial charge in [0.1, 0.15) is 0 Å². The number of hydrogen-bond donors (Lipinski definition) is 1. The fourth-order valence-corrected chi connectivity index (χ4v) is 1.86. The van der Waals surface area contributed by atoms with Gasteiger partial charge in [0.2, 0.25) is 0 Å². The Morgan fingerprint density at radius 3 is 2.15 bits per heavy atom. The highest BCUT2D eigenvalue weighted by Gasteiger charge is 2.31. The van der Waals surface area contributed by atoms with Gasteiger partial charge in [-0.1, -0.05) is 13.5 Å². The van der Waals surface area contributed by atoms with Crippen molar-refractivity contribution in [2.45, 2.75) is 39.7 Å². The Morgan fingerprint density at radius 1 is 1.38 bits per heavy atom. The van der Waals surface area contributed by atoms with Crippen LogP contribution in [-0.4, -0.2) is 24.0 Å². The third-order valence-electron chi connectivity index (χ3n) is 3.41. The molecule has 0 aromatic rings. The van der Waals surface area contributed by atoms with Gasteiger partial charge >= 0.3 is 0 Å². The van der Waals surface area contributed by atoms with Gasteiger partial charge in [-0.15, -0.1) is 0 Å². The van der Waals surface area contributed by atoms with E-state index in [0.29, 0.717) is 6.04 Å². The van der Waals surface area contributed by atoms with Crippen LogP contribution in [0.4, 0.5) is 0 Å². The first-order valence-corrected chi connectivity index (χ1v) is 5.14. The largest absolute Gasteiger partial charge is 0.402 e. The predicted octanol–water partition coefficient (Wildman–Crippen LogP) is 1.97. The van der Waals surface area contributed by atoms with Crippen LogP contribution in [0.5, 0.6) is 0 Å². The van der Waals surface area contributed by atoms with Crippen molar-refractivity contribution in [3.05, 3.63) is 12.3 Å². The van der Waals surface area contributed by atoms with E-state index in [4.69, 9.17) is 5.73 Å². The molecule has 13 heavy (non-hydrogen) atoms. The average molecular weight is 182 g/mol. The molecule has 0 amide bonds. The van der Waals surface area contributed by atoms with Crippen molar-refractivity contribution in [3.8, 4) is 0 Å². The molecule has 2 N–H and O–H groups in total. The summed E-state index contributed by atoms with van der Waals surface area (Å²) < 4.78 is 0. The van der Waals surface area contributed by atoms with Gasteiger partial charge in [-0.25, -0.2) is 0 Å². The van der Waals surface area contributed by atoms with Crippen molar-refractivity contribution in [2.24, 2.45) is 11.1 Å². The van der Waals surface area contributed by atoms with Gasteiger partial charge in [0.05, 0.1) is 0 Å². The van der Waals surface area contributed by atoms with Crippen LogP contribution in [0.2, 0.25) is 0 Å². The lowest BCUT2D eigenvalue weighted by Crippen LogP contribution is -2.43. The minimum Gasteiger partial charge on any atom is -0.402 e. The molecule has 1 aliphatic heterocycles. The molecule has 0 spiro atoms. The van der Waals surface area contributed by atoms with Crippen LogP contribution in [0.1, 0.15) is 33.6 Å². The molecule has 0 unspecified atom stereocenters. The molecule has 2 heteroatoms. The summed E-state index contributed by atoms with van der Waals surface area (Å²) >= 11 is 0. The summed E-state index contributed by atoms with van der Waals surface area (Å²) in [6.45, 7) is 12.9. The van der Waals surface area contributed by atoms with E-state index in [1.807, 2.05) is 0 Å². The number of likely N-dealkylation sites (tertiary alicyclic amines) is 1. The van der Waals surface area contributed by atoms with Crippen molar-refractivity contribution in [3.63, 3.8) is 0 Å². The fourth-order valence-electron chi connectivity index (χ4n) is 1.86. The van der Waals surface area contributed by atoms with Crippen molar-refractivity contribution >= 4 is 0 Å². The van der Waals surface area contributed by atoms with Gasteiger partial charge in [0.25, 0.3) is 0 Å². The summed E-state index contributed by atoms with van der Waals surface area (Å²) in [5, 5.41) is 0. The summed E-state index contributed by atoms with van der Waals surface area (Å²) in [7, 11) is 0. The van der Waals surface area contributed by atoms with E-state index >= 15 is 0 Å². The Labute approximate surface area is 81.8 Å². The molecule has 0 atom stereocenters. The minimum absolute atomic E-state index is 0.186. The van der Waals surface area contributed by atoms with E-state index in [1.165, 1.54) is 0 Å². The summed E-state index contributed by atoms with van der Waals surface area (Å²) in [6.07, 6.45) is 2.31. The summed E-state index contributed by atoms with van der Waals surface area (Å²) in [4.78, 5) is 2.50. The molecule has 0 aromatic carbocycles. The van der Waals surface area contributed by atoms with Crippen LogP contribution in [-0.2, 0) is 0 Å². The summed E-state index contributed by atoms with van der Waals surface area (Å²) in [5.74, 6) is 0. The normalized spacial score (nSPS) is 23.4. The third-order valence-corrected chi connectivity index (χ3v) is 3.41. The minimum atomic E-state index is 0.186. The molecule has 0 radical (unpaired) electrons. The lowest BCUT2D eigenvalue weighted by Gasteiger charge is -2.41. The molecule has 1 aliphatic rings. The van der Waals surface area contributed by atoms with Crippen LogP contribution in [0, 0.1) is 5.41 Å².